The van der Waals surface area contributed by atoms with Crippen molar-refractivity contribution in [2.45, 2.75) is 26.8 Å². The Morgan fingerprint density at radius 1 is 1.18 bits per heavy atom. The van der Waals surface area contributed by atoms with Gasteiger partial charge in [-0.15, -0.1) is 0 Å². The molecule has 112 valence electrons. The fraction of sp³-hybridized carbons (Fsp3) is 0.235. The van der Waals surface area contributed by atoms with Gasteiger partial charge in [0, 0.05) is 11.8 Å². The van der Waals surface area contributed by atoms with Crippen LogP contribution in [0.4, 0.5) is 0 Å². The number of aryl methyl sites for hydroxylation is 2. The Kier molecular flexibility index (Phi) is 3.63. The number of rotatable bonds is 3. The highest BCUT2D eigenvalue weighted by Gasteiger charge is 2.14. The molecule has 0 saturated heterocycles. The molecule has 0 bridgehead atoms. The van der Waals surface area contributed by atoms with Gasteiger partial charge in [-0.2, -0.15) is 5.10 Å². The molecule has 1 amide bonds. The molecule has 0 aliphatic rings. The molecule has 0 saturated carbocycles. The molecule has 2 heterocycles. The average molecular weight is 294 g/mol. The molecule has 1 atom stereocenters. The predicted molar refractivity (Wildman–Crippen MR) is 84.8 cm³/mol. The fourth-order valence-electron chi connectivity index (χ4n) is 2.45. The Morgan fingerprint density at radius 2 is 1.91 bits per heavy atom. The monoisotopic (exact) mass is 294 g/mol. The van der Waals surface area contributed by atoms with Crippen LogP contribution in [-0.2, 0) is 0 Å². The van der Waals surface area contributed by atoms with E-state index in [0.717, 1.165) is 17.0 Å². The van der Waals surface area contributed by atoms with Gasteiger partial charge in [0.15, 0.2) is 5.65 Å². The Hall–Kier alpha value is -2.69. The zero-order valence-electron chi connectivity index (χ0n) is 12.9. The lowest BCUT2D eigenvalue weighted by Crippen LogP contribution is -2.27. The number of carbonyl (C=O) groups excluding carboxylic acids is 1. The van der Waals surface area contributed by atoms with E-state index in [-0.39, 0.29) is 11.9 Å². The fourth-order valence-corrected chi connectivity index (χ4v) is 2.45. The van der Waals surface area contributed by atoms with Gasteiger partial charge in [0.05, 0.1) is 11.7 Å². The third-order valence-corrected chi connectivity index (χ3v) is 3.61. The summed E-state index contributed by atoms with van der Waals surface area (Å²) in [5.74, 6) is -0.180. The maximum absolute atomic E-state index is 12.4. The molecule has 1 N–H and O–H groups in total. The van der Waals surface area contributed by atoms with Gasteiger partial charge in [-0.05, 0) is 32.4 Å². The maximum atomic E-state index is 12.4. The first-order valence-electron chi connectivity index (χ1n) is 7.24. The van der Waals surface area contributed by atoms with Gasteiger partial charge in [-0.1, -0.05) is 30.3 Å². The largest absolute Gasteiger partial charge is 0.344 e. The lowest BCUT2D eigenvalue weighted by molar-refractivity contribution is 0.0935. The lowest BCUT2D eigenvalue weighted by atomic mass is 10.1. The van der Waals surface area contributed by atoms with E-state index < -0.39 is 0 Å². The molecule has 1 unspecified atom stereocenters. The van der Waals surface area contributed by atoms with Crippen molar-refractivity contribution in [1.82, 2.24) is 19.9 Å². The smallest absolute Gasteiger partial charge is 0.270 e. The minimum absolute atomic E-state index is 0.0707. The van der Waals surface area contributed by atoms with E-state index in [1.165, 1.54) is 0 Å². The number of fused-ring (bicyclic) bond motifs is 1. The van der Waals surface area contributed by atoms with Gasteiger partial charge in [0.25, 0.3) is 5.91 Å². The maximum Gasteiger partial charge on any atom is 0.270 e. The first-order valence-corrected chi connectivity index (χ1v) is 7.24. The average Bonchev–Trinajstić information content (AvgIpc) is 2.89. The number of hydrogen-bond acceptors (Lipinski definition) is 3. The van der Waals surface area contributed by atoms with E-state index in [0.29, 0.717) is 11.3 Å². The first-order chi connectivity index (χ1) is 10.5. The van der Waals surface area contributed by atoms with Crippen molar-refractivity contribution >= 4 is 11.6 Å². The molecule has 0 radical (unpaired) electrons. The zero-order valence-corrected chi connectivity index (χ0v) is 12.9. The van der Waals surface area contributed by atoms with Crippen LogP contribution in [0.2, 0.25) is 0 Å². The third-order valence-electron chi connectivity index (χ3n) is 3.61. The summed E-state index contributed by atoms with van der Waals surface area (Å²) in [7, 11) is 0. The van der Waals surface area contributed by atoms with Crippen molar-refractivity contribution in [2.75, 3.05) is 0 Å². The van der Waals surface area contributed by atoms with Crippen molar-refractivity contribution in [1.29, 1.82) is 0 Å². The number of nitrogens with zero attached hydrogens (tertiary/aromatic N) is 3. The summed E-state index contributed by atoms with van der Waals surface area (Å²) in [6, 6.07) is 13.4. The van der Waals surface area contributed by atoms with Crippen LogP contribution in [0.25, 0.3) is 5.65 Å². The SMILES string of the molecule is Cc1cc2nc(C(=O)NC(C)c3ccccc3)cc(C)n2n1. The third kappa shape index (κ3) is 2.70. The van der Waals surface area contributed by atoms with Gasteiger partial charge in [-0.25, -0.2) is 9.50 Å². The van der Waals surface area contributed by atoms with Crippen LogP contribution in [0, 0.1) is 13.8 Å². The van der Waals surface area contributed by atoms with Gasteiger partial charge in [0.2, 0.25) is 0 Å². The Bertz CT molecular complexity index is 823. The van der Waals surface area contributed by atoms with Crippen LogP contribution in [0.5, 0.6) is 0 Å². The van der Waals surface area contributed by atoms with Crippen molar-refractivity contribution in [3.63, 3.8) is 0 Å². The van der Waals surface area contributed by atoms with E-state index in [4.69, 9.17) is 0 Å². The number of aromatic nitrogens is 3. The van der Waals surface area contributed by atoms with Crippen LogP contribution in [0.15, 0.2) is 42.5 Å². The Balaban J connectivity index is 1.86. The zero-order chi connectivity index (χ0) is 15.7. The summed E-state index contributed by atoms with van der Waals surface area (Å²) in [4.78, 5) is 16.8. The van der Waals surface area contributed by atoms with Gasteiger partial charge in [-0.3, -0.25) is 4.79 Å². The van der Waals surface area contributed by atoms with Gasteiger partial charge < -0.3 is 5.32 Å². The molecule has 3 rings (SSSR count). The van der Waals surface area contributed by atoms with Crippen LogP contribution >= 0.6 is 0 Å². The molecule has 0 fully saturated rings. The highest BCUT2D eigenvalue weighted by Crippen LogP contribution is 2.13. The van der Waals surface area contributed by atoms with Crippen LogP contribution in [-0.4, -0.2) is 20.5 Å². The summed E-state index contributed by atoms with van der Waals surface area (Å²) in [6.07, 6.45) is 0. The molecular formula is C17H18N4O. The quantitative estimate of drug-likeness (QED) is 0.808. The predicted octanol–water partition coefficient (Wildman–Crippen LogP) is 2.84. The Labute approximate surface area is 129 Å². The van der Waals surface area contributed by atoms with E-state index in [1.807, 2.05) is 57.2 Å². The number of nitrogens with one attached hydrogen (secondary N) is 1. The highest BCUT2D eigenvalue weighted by atomic mass is 16.1. The van der Waals surface area contributed by atoms with E-state index >= 15 is 0 Å². The molecule has 5 heteroatoms. The lowest BCUT2D eigenvalue weighted by Gasteiger charge is -2.14. The molecule has 22 heavy (non-hydrogen) atoms. The second kappa shape index (κ2) is 5.60. The second-order valence-electron chi connectivity index (χ2n) is 5.44. The van der Waals surface area contributed by atoms with Crippen molar-refractivity contribution < 1.29 is 4.79 Å². The second-order valence-corrected chi connectivity index (χ2v) is 5.44. The van der Waals surface area contributed by atoms with E-state index in [2.05, 4.69) is 15.4 Å². The summed E-state index contributed by atoms with van der Waals surface area (Å²) >= 11 is 0. The summed E-state index contributed by atoms with van der Waals surface area (Å²) in [5, 5.41) is 7.32. The number of benzene rings is 1. The summed E-state index contributed by atoms with van der Waals surface area (Å²) < 4.78 is 1.74. The molecule has 2 aromatic heterocycles. The summed E-state index contributed by atoms with van der Waals surface area (Å²) in [6.45, 7) is 5.78. The van der Waals surface area contributed by atoms with Crippen molar-refractivity contribution in [3.8, 4) is 0 Å². The van der Waals surface area contributed by atoms with Crippen LogP contribution < -0.4 is 5.32 Å². The molecule has 0 aliphatic heterocycles. The van der Waals surface area contributed by atoms with E-state index in [1.54, 1.807) is 10.6 Å². The van der Waals surface area contributed by atoms with Gasteiger partial charge >= 0.3 is 0 Å². The number of carbonyl (C=O) groups is 1. The molecule has 0 aliphatic carbocycles. The molecule has 5 nitrogen and oxygen atoms in total. The van der Waals surface area contributed by atoms with Crippen LogP contribution in [0.3, 0.4) is 0 Å². The molecule has 3 aromatic rings. The molecular weight excluding hydrogens is 276 g/mol. The van der Waals surface area contributed by atoms with Crippen LogP contribution in [0.1, 0.15) is 40.4 Å². The topological polar surface area (TPSA) is 59.3 Å². The minimum atomic E-state index is -0.180. The normalized spacial score (nSPS) is 12.3. The van der Waals surface area contributed by atoms with Crippen molar-refractivity contribution in [2.24, 2.45) is 0 Å². The van der Waals surface area contributed by atoms with E-state index in [9.17, 15) is 4.79 Å². The Morgan fingerprint density at radius 3 is 2.64 bits per heavy atom. The molecule has 0 spiro atoms. The minimum Gasteiger partial charge on any atom is -0.344 e. The number of amides is 1. The van der Waals surface area contributed by atoms with Gasteiger partial charge in [0.1, 0.15) is 5.69 Å². The molecule has 1 aromatic carbocycles. The van der Waals surface area contributed by atoms with Crippen molar-refractivity contribution in [3.05, 3.63) is 65.1 Å². The number of hydrogen-bond donors (Lipinski definition) is 1. The highest BCUT2D eigenvalue weighted by molar-refractivity contribution is 5.93. The first kappa shape index (κ1) is 14.3. The summed E-state index contributed by atoms with van der Waals surface area (Å²) in [5.41, 5.74) is 3.93. The standard InChI is InChI=1S/C17H18N4O/c1-11-9-16-19-15(10-12(2)21(16)20-11)17(22)18-13(3)14-7-5-4-6-8-14/h4-10,13H,1-3H3,(H,18,22).